The van der Waals surface area contributed by atoms with E-state index in [1.54, 1.807) is 24.9 Å². The van der Waals surface area contributed by atoms with Crippen LogP contribution in [0.5, 0.6) is 0 Å². The molecule has 6 nitrogen and oxygen atoms in total. The van der Waals surface area contributed by atoms with Gasteiger partial charge in [-0.3, -0.25) is 19.9 Å². The highest BCUT2D eigenvalue weighted by atomic mass is 16.6. The summed E-state index contributed by atoms with van der Waals surface area (Å²) in [6.45, 7) is 1.69. The maximum Gasteiger partial charge on any atom is 0.272 e. The quantitative estimate of drug-likeness (QED) is 0.496. The zero-order valence-electron chi connectivity index (χ0n) is 16.1. The molecule has 3 aromatic rings. The second-order valence-corrected chi connectivity index (χ2v) is 6.97. The standard InChI is InChI=1S/C23H19N3O3/c1-15-8-9-18(13-21(15)26(28)29)23-19-12-17(16-6-4-3-5-7-16)10-11-20(19)25(2)22(27)14-24-23/h3-13H,14H2,1-2H3. The number of carbonyl (C=O) groups excluding carboxylic acids is 1. The molecule has 0 bridgehead atoms. The molecule has 0 aromatic heterocycles. The summed E-state index contributed by atoms with van der Waals surface area (Å²) < 4.78 is 0. The number of rotatable bonds is 3. The fourth-order valence-corrected chi connectivity index (χ4v) is 3.50. The van der Waals surface area contributed by atoms with Gasteiger partial charge in [0.2, 0.25) is 5.91 Å². The molecule has 0 saturated heterocycles. The van der Waals surface area contributed by atoms with Crippen LogP contribution >= 0.6 is 0 Å². The molecule has 144 valence electrons. The minimum atomic E-state index is -0.394. The van der Waals surface area contributed by atoms with Crippen molar-refractivity contribution in [3.05, 3.63) is 93.5 Å². The lowest BCUT2D eigenvalue weighted by Gasteiger charge is -2.19. The molecule has 0 saturated carbocycles. The second-order valence-electron chi connectivity index (χ2n) is 6.97. The van der Waals surface area contributed by atoms with E-state index in [2.05, 4.69) is 4.99 Å². The number of aryl methyl sites for hydroxylation is 1. The second kappa shape index (κ2) is 7.31. The summed E-state index contributed by atoms with van der Waals surface area (Å²) in [6, 6.07) is 20.8. The van der Waals surface area contributed by atoms with Crippen LogP contribution in [-0.2, 0) is 4.79 Å². The Morgan fingerprint density at radius 3 is 2.41 bits per heavy atom. The summed E-state index contributed by atoms with van der Waals surface area (Å²) >= 11 is 0. The number of hydrogen-bond donors (Lipinski definition) is 0. The zero-order chi connectivity index (χ0) is 20.5. The first kappa shape index (κ1) is 18.6. The number of benzene rings is 3. The van der Waals surface area contributed by atoms with Crippen LogP contribution in [0.4, 0.5) is 11.4 Å². The fourth-order valence-electron chi connectivity index (χ4n) is 3.50. The third kappa shape index (κ3) is 3.40. The molecule has 6 heteroatoms. The van der Waals surface area contributed by atoms with Crippen LogP contribution in [0.15, 0.2) is 71.7 Å². The number of nitro groups is 1. The molecule has 29 heavy (non-hydrogen) atoms. The first-order valence-electron chi connectivity index (χ1n) is 9.22. The van der Waals surface area contributed by atoms with Gasteiger partial charge in [0.15, 0.2) is 0 Å². The Bertz CT molecular complexity index is 1150. The number of aliphatic imine (C=N–C) groups is 1. The lowest BCUT2D eigenvalue weighted by molar-refractivity contribution is -0.385. The predicted octanol–water partition coefficient (Wildman–Crippen LogP) is 4.38. The van der Waals surface area contributed by atoms with Gasteiger partial charge in [0.1, 0.15) is 6.54 Å². The molecule has 0 spiro atoms. The van der Waals surface area contributed by atoms with E-state index in [0.717, 1.165) is 22.4 Å². The number of nitrogens with zero attached hydrogens (tertiary/aromatic N) is 3. The van der Waals surface area contributed by atoms with Gasteiger partial charge < -0.3 is 4.90 Å². The van der Waals surface area contributed by atoms with Crippen molar-refractivity contribution in [1.82, 2.24) is 0 Å². The van der Waals surface area contributed by atoms with Crippen molar-refractivity contribution in [2.75, 3.05) is 18.5 Å². The van der Waals surface area contributed by atoms with Crippen molar-refractivity contribution in [2.24, 2.45) is 4.99 Å². The highest BCUT2D eigenvalue weighted by Gasteiger charge is 2.24. The lowest BCUT2D eigenvalue weighted by atomic mass is 9.95. The third-order valence-corrected chi connectivity index (χ3v) is 5.15. The van der Waals surface area contributed by atoms with Gasteiger partial charge in [-0.2, -0.15) is 0 Å². The van der Waals surface area contributed by atoms with Crippen molar-refractivity contribution in [2.45, 2.75) is 6.92 Å². The van der Waals surface area contributed by atoms with E-state index in [-0.39, 0.29) is 18.1 Å². The maximum absolute atomic E-state index is 12.4. The van der Waals surface area contributed by atoms with Crippen LogP contribution in [0.25, 0.3) is 11.1 Å². The number of fused-ring (bicyclic) bond motifs is 1. The van der Waals surface area contributed by atoms with Crippen molar-refractivity contribution in [3.8, 4) is 11.1 Å². The van der Waals surface area contributed by atoms with Gasteiger partial charge >= 0.3 is 0 Å². The first-order chi connectivity index (χ1) is 14.0. The van der Waals surface area contributed by atoms with Gasteiger partial charge in [0, 0.05) is 29.8 Å². The number of hydrogen-bond acceptors (Lipinski definition) is 4. The van der Waals surface area contributed by atoms with E-state index in [0.29, 0.717) is 16.8 Å². The number of benzodiazepines with no additional fused rings is 1. The number of nitro benzene ring substituents is 1. The molecule has 0 aliphatic carbocycles. The van der Waals surface area contributed by atoms with Crippen molar-refractivity contribution in [3.63, 3.8) is 0 Å². The summed E-state index contributed by atoms with van der Waals surface area (Å²) in [4.78, 5) is 29.6. The Balaban J connectivity index is 1.92. The van der Waals surface area contributed by atoms with E-state index in [4.69, 9.17) is 0 Å². The largest absolute Gasteiger partial charge is 0.313 e. The zero-order valence-corrected chi connectivity index (χ0v) is 16.1. The van der Waals surface area contributed by atoms with E-state index >= 15 is 0 Å². The van der Waals surface area contributed by atoms with Gasteiger partial charge in [0.25, 0.3) is 5.69 Å². The van der Waals surface area contributed by atoms with E-state index in [1.807, 2.05) is 54.6 Å². The molecule has 0 radical (unpaired) electrons. The molecule has 1 aliphatic heterocycles. The highest BCUT2D eigenvalue weighted by molar-refractivity contribution is 6.20. The van der Waals surface area contributed by atoms with Crippen LogP contribution in [-0.4, -0.2) is 30.1 Å². The van der Waals surface area contributed by atoms with Crippen LogP contribution in [0.2, 0.25) is 0 Å². The molecule has 1 amide bonds. The fraction of sp³-hybridized carbons (Fsp3) is 0.130. The van der Waals surface area contributed by atoms with Crippen LogP contribution in [0, 0.1) is 17.0 Å². The monoisotopic (exact) mass is 385 g/mol. The van der Waals surface area contributed by atoms with Crippen molar-refractivity contribution < 1.29 is 9.72 Å². The minimum Gasteiger partial charge on any atom is -0.313 e. The molecule has 1 heterocycles. The van der Waals surface area contributed by atoms with E-state index in [1.165, 1.54) is 6.07 Å². The Morgan fingerprint density at radius 1 is 0.966 bits per heavy atom. The highest BCUT2D eigenvalue weighted by Crippen LogP contribution is 2.32. The molecule has 0 atom stereocenters. The van der Waals surface area contributed by atoms with E-state index in [9.17, 15) is 14.9 Å². The van der Waals surface area contributed by atoms with Crippen molar-refractivity contribution >= 4 is 23.0 Å². The van der Waals surface area contributed by atoms with Gasteiger partial charge in [-0.1, -0.05) is 48.5 Å². The summed E-state index contributed by atoms with van der Waals surface area (Å²) in [5, 5.41) is 11.4. The molecule has 4 rings (SSSR count). The molecular weight excluding hydrogens is 366 g/mol. The van der Waals surface area contributed by atoms with Crippen LogP contribution in [0.1, 0.15) is 16.7 Å². The van der Waals surface area contributed by atoms with Crippen LogP contribution < -0.4 is 4.90 Å². The van der Waals surface area contributed by atoms with Crippen LogP contribution in [0.3, 0.4) is 0 Å². The van der Waals surface area contributed by atoms with Gasteiger partial charge in [0.05, 0.1) is 16.3 Å². The normalized spacial score (nSPS) is 13.5. The molecule has 1 aliphatic rings. The first-order valence-corrected chi connectivity index (χ1v) is 9.22. The molecule has 0 unspecified atom stereocenters. The third-order valence-electron chi connectivity index (χ3n) is 5.15. The Labute approximate surface area is 168 Å². The molecule has 0 N–H and O–H groups in total. The SMILES string of the molecule is Cc1ccc(C2=NCC(=O)N(C)c3ccc(-c4ccccc4)cc32)cc1[N+](=O)[O-]. The van der Waals surface area contributed by atoms with Gasteiger partial charge in [-0.05, 0) is 30.2 Å². The summed E-state index contributed by atoms with van der Waals surface area (Å²) in [5.74, 6) is -0.129. The Morgan fingerprint density at radius 2 is 1.69 bits per heavy atom. The number of amides is 1. The minimum absolute atomic E-state index is 0.0111. The Kier molecular flexibility index (Phi) is 4.68. The predicted molar refractivity (Wildman–Crippen MR) is 114 cm³/mol. The number of anilines is 1. The van der Waals surface area contributed by atoms with E-state index < -0.39 is 4.92 Å². The van der Waals surface area contributed by atoms with Crippen molar-refractivity contribution in [1.29, 1.82) is 0 Å². The molecule has 3 aromatic carbocycles. The van der Waals surface area contributed by atoms with Gasteiger partial charge in [-0.15, -0.1) is 0 Å². The molecule has 0 fully saturated rings. The lowest BCUT2D eigenvalue weighted by Crippen LogP contribution is -2.27. The average Bonchev–Trinajstić information content (AvgIpc) is 2.86. The van der Waals surface area contributed by atoms with Gasteiger partial charge in [-0.25, -0.2) is 0 Å². The number of likely N-dealkylation sites (N-methyl/N-ethyl adjacent to an activating group) is 1. The maximum atomic E-state index is 12.4. The topological polar surface area (TPSA) is 75.8 Å². The molecular formula is C23H19N3O3. The summed E-state index contributed by atoms with van der Waals surface area (Å²) in [5.41, 5.74) is 5.36. The number of carbonyl (C=O) groups is 1. The summed E-state index contributed by atoms with van der Waals surface area (Å²) in [6.07, 6.45) is 0. The smallest absolute Gasteiger partial charge is 0.272 e. The Hall–Kier alpha value is -3.80. The average molecular weight is 385 g/mol. The summed E-state index contributed by atoms with van der Waals surface area (Å²) in [7, 11) is 1.72.